The van der Waals surface area contributed by atoms with E-state index in [0.717, 1.165) is 97.0 Å². The molecule has 0 radical (unpaired) electrons. The molecule has 0 amide bonds. The summed E-state index contributed by atoms with van der Waals surface area (Å²) >= 11 is 0. The van der Waals surface area contributed by atoms with Crippen molar-refractivity contribution in [2.24, 2.45) is 10.9 Å². The number of anilines is 3. The van der Waals surface area contributed by atoms with Gasteiger partial charge >= 0.3 is 0 Å². The van der Waals surface area contributed by atoms with Gasteiger partial charge in [-0.05, 0) is 80.5 Å². The Bertz CT molecular complexity index is 1470. The molecule has 1 fully saturated rings. The highest BCUT2D eigenvalue weighted by Crippen LogP contribution is 2.43. The zero-order valence-corrected chi connectivity index (χ0v) is 23.9. The highest BCUT2D eigenvalue weighted by atomic mass is 19.1. The summed E-state index contributed by atoms with van der Waals surface area (Å²) in [6.45, 7) is 10.4. The first-order valence-electron chi connectivity index (χ1n) is 14.5. The molecule has 40 heavy (non-hydrogen) atoms. The molecule has 0 unspecified atom stereocenters. The number of hydrogen-bond donors (Lipinski definition) is 1. The number of aromatic nitrogens is 3. The number of piperazine rings is 1. The lowest BCUT2D eigenvalue weighted by Crippen LogP contribution is -2.44. The third-order valence-corrected chi connectivity index (χ3v) is 8.23. The van der Waals surface area contributed by atoms with Crippen LogP contribution in [0.4, 0.5) is 27.5 Å². The van der Waals surface area contributed by atoms with Crippen molar-refractivity contribution in [3.8, 4) is 0 Å². The predicted octanol–water partition coefficient (Wildman–Crippen LogP) is 6.51. The number of nitrogens with one attached hydrogen (secondary N) is 1. The van der Waals surface area contributed by atoms with Gasteiger partial charge in [0.05, 0.1) is 5.69 Å². The van der Waals surface area contributed by atoms with Crippen LogP contribution in [0.2, 0.25) is 0 Å². The molecule has 1 saturated heterocycles. The molecule has 3 aromatic rings. The quantitative estimate of drug-likeness (QED) is 0.385. The largest absolute Gasteiger partial charge is 0.354 e. The van der Waals surface area contributed by atoms with Gasteiger partial charge in [-0.15, -0.1) is 0 Å². The van der Waals surface area contributed by atoms with Gasteiger partial charge in [0.15, 0.2) is 0 Å². The van der Waals surface area contributed by atoms with Gasteiger partial charge in [-0.3, -0.25) is 4.99 Å². The molecule has 2 aromatic heterocycles. The molecule has 1 aromatic carbocycles. The van der Waals surface area contributed by atoms with Crippen LogP contribution < -0.4 is 10.2 Å². The molecule has 1 N–H and O–H groups in total. The van der Waals surface area contributed by atoms with Crippen LogP contribution in [0.15, 0.2) is 47.7 Å². The van der Waals surface area contributed by atoms with Gasteiger partial charge in [0.2, 0.25) is 5.95 Å². The van der Waals surface area contributed by atoms with Crippen LogP contribution in [-0.4, -0.2) is 58.8 Å². The van der Waals surface area contributed by atoms with Crippen molar-refractivity contribution in [2.45, 2.75) is 52.4 Å². The molecular formula is C32H38FN7. The fourth-order valence-corrected chi connectivity index (χ4v) is 6.03. The van der Waals surface area contributed by atoms with Crippen molar-refractivity contribution in [3.05, 3.63) is 70.9 Å². The first-order chi connectivity index (χ1) is 19.4. The third kappa shape index (κ3) is 5.37. The topological polar surface area (TPSA) is 69.5 Å². The Hall–Kier alpha value is -3.65. The molecule has 3 aliphatic rings. The Kier molecular flexibility index (Phi) is 7.36. The first-order valence-corrected chi connectivity index (χ1v) is 14.5. The molecule has 0 bridgehead atoms. The fraction of sp³-hybridized carbons (Fsp3) is 0.438. The second-order valence-electron chi connectivity index (χ2n) is 11.7. The molecule has 4 heterocycles. The summed E-state index contributed by atoms with van der Waals surface area (Å²) in [4.78, 5) is 23.5. The van der Waals surface area contributed by atoms with Crippen molar-refractivity contribution in [1.82, 2.24) is 19.9 Å². The fourth-order valence-electron chi connectivity index (χ4n) is 6.03. The normalized spacial score (nSPS) is 19.1. The Morgan fingerprint density at radius 2 is 1.93 bits per heavy atom. The van der Waals surface area contributed by atoms with E-state index in [4.69, 9.17) is 9.97 Å². The van der Waals surface area contributed by atoms with Crippen LogP contribution in [0.1, 0.15) is 68.3 Å². The summed E-state index contributed by atoms with van der Waals surface area (Å²) in [6.07, 6.45) is 9.65. The summed E-state index contributed by atoms with van der Waals surface area (Å²) in [5, 5.41) is 3.40. The van der Waals surface area contributed by atoms with Crippen LogP contribution in [0.25, 0.3) is 5.57 Å². The number of fused-ring (bicyclic) bond motifs is 2. The van der Waals surface area contributed by atoms with E-state index >= 15 is 4.39 Å². The molecule has 2 aliphatic heterocycles. The van der Waals surface area contributed by atoms with Crippen LogP contribution in [-0.2, 0) is 6.42 Å². The lowest BCUT2D eigenvalue weighted by atomic mass is 9.86. The van der Waals surface area contributed by atoms with E-state index in [1.165, 1.54) is 0 Å². The zero-order chi connectivity index (χ0) is 27.8. The van der Waals surface area contributed by atoms with Gasteiger partial charge < -0.3 is 15.1 Å². The molecule has 8 heteroatoms. The third-order valence-electron chi connectivity index (χ3n) is 8.23. The number of aliphatic imine (C=N–C) groups is 1. The standard InChI is InChI=1S/C32H38FN7/c1-20(2)15-25-21(3)36-31-26(25)16-22(17-28(31)33)24-7-5-6-8-29-27(24)19-35-32(38-29)37-23-9-10-34-30(18-23)40-13-11-39(4)12-14-40/h7,9-10,16-20,25H,5-6,8,11-15H2,1-4H3,(H,34,35,37,38)/t25-/m1/s1. The van der Waals surface area contributed by atoms with E-state index in [2.05, 4.69) is 64.2 Å². The SMILES string of the molecule is CC1=Nc2c(F)cc(C3=CCCCc4nc(Nc5ccnc(N6CCN(C)CC6)c5)ncc43)cc2[C@@H]1CC(C)C. The first kappa shape index (κ1) is 26.6. The second kappa shape index (κ2) is 11.1. The minimum Gasteiger partial charge on any atom is -0.354 e. The van der Waals surface area contributed by atoms with Crippen molar-refractivity contribution < 1.29 is 4.39 Å². The molecule has 7 nitrogen and oxygen atoms in total. The Morgan fingerprint density at radius 3 is 2.73 bits per heavy atom. The van der Waals surface area contributed by atoms with Crippen LogP contribution in [0, 0.1) is 11.7 Å². The Morgan fingerprint density at radius 1 is 1.10 bits per heavy atom. The molecule has 1 atom stereocenters. The summed E-state index contributed by atoms with van der Waals surface area (Å²) in [7, 11) is 2.15. The van der Waals surface area contributed by atoms with Gasteiger partial charge in [-0.2, -0.15) is 0 Å². The maximum atomic E-state index is 15.4. The van der Waals surface area contributed by atoms with Crippen LogP contribution in [0.3, 0.4) is 0 Å². The van der Waals surface area contributed by atoms with Crippen molar-refractivity contribution in [1.29, 1.82) is 0 Å². The van der Waals surface area contributed by atoms with E-state index in [9.17, 15) is 0 Å². The monoisotopic (exact) mass is 539 g/mol. The van der Waals surface area contributed by atoms with Crippen LogP contribution in [0.5, 0.6) is 0 Å². The second-order valence-corrected chi connectivity index (χ2v) is 11.7. The number of allylic oxidation sites excluding steroid dienone is 1. The van der Waals surface area contributed by atoms with E-state index in [0.29, 0.717) is 17.6 Å². The van der Waals surface area contributed by atoms with Gasteiger partial charge in [-0.25, -0.2) is 19.3 Å². The average Bonchev–Trinajstić information content (AvgIpc) is 3.11. The maximum Gasteiger partial charge on any atom is 0.227 e. The van der Waals surface area contributed by atoms with E-state index in [1.807, 2.05) is 25.4 Å². The van der Waals surface area contributed by atoms with E-state index in [1.54, 1.807) is 6.07 Å². The lowest BCUT2D eigenvalue weighted by Gasteiger charge is -2.33. The number of benzene rings is 1. The molecular weight excluding hydrogens is 501 g/mol. The summed E-state index contributed by atoms with van der Waals surface area (Å²) < 4.78 is 15.4. The van der Waals surface area contributed by atoms with Crippen molar-refractivity contribution in [3.63, 3.8) is 0 Å². The summed E-state index contributed by atoms with van der Waals surface area (Å²) in [5.41, 5.74) is 7.28. The lowest BCUT2D eigenvalue weighted by molar-refractivity contribution is 0.312. The summed E-state index contributed by atoms with van der Waals surface area (Å²) in [5.74, 6) is 1.94. The van der Waals surface area contributed by atoms with E-state index in [-0.39, 0.29) is 11.7 Å². The summed E-state index contributed by atoms with van der Waals surface area (Å²) in [6, 6.07) is 7.80. The highest BCUT2D eigenvalue weighted by Gasteiger charge is 2.29. The van der Waals surface area contributed by atoms with Gasteiger partial charge in [-0.1, -0.05) is 19.9 Å². The minimum atomic E-state index is -0.252. The number of rotatable bonds is 6. The number of hydrogen-bond acceptors (Lipinski definition) is 7. The number of likely N-dealkylation sites (N-methyl/N-ethyl adjacent to an activating group) is 1. The van der Waals surface area contributed by atoms with Crippen LogP contribution >= 0.6 is 0 Å². The van der Waals surface area contributed by atoms with Crippen molar-refractivity contribution >= 4 is 34.4 Å². The zero-order valence-electron chi connectivity index (χ0n) is 23.9. The number of pyridine rings is 1. The minimum absolute atomic E-state index is 0.161. The van der Waals surface area contributed by atoms with Gasteiger partial charge in [0.25, 0.3) is 0 Å². The molecule has 0 saturated carbocycles. The Labute approximate surface area is 236 Å². The smallest absolute Gasteiger partial charge is 0.227 e. The predicted molar refractivity (Wildman–Crippen MR) is 161 cm³/mol. The highest BCUT2D eigenvalue weighted by molar-refractivity contribution is 5.97. The van der Waals surface area contributed by atoms with Gasteiger partial charge in [0.1, 0.15) is 17.3 Å². The molecule has 1 aliphatic carbocycles. The van der Waals surface area contributed by atoms with Crippen molar-refractivity contribution in [2.75, 3.05) is 43.4 Å². The number of aryl methyl sites for hydroxylation is 1. The van der Waals surface area contributed by atoms with E-state index < -0.39 is 0 Å². The number of halogens is 1. The average molecular weight is 540 g/mol. The van der Waals surface area contributed by atoms with Gasteiger partial charge in [0, 0.05) is 67.5 Å². The Balaban J connectivity index is 1.27. The number of nitrogens with zero attached hydrogens (tertiary/aromatic N) is 6. The molecule has 6 rings (SSSR count). The molecule has 0 spiro atoms. The molecule has 208 valence electrons. The maximum absolute atomic E-state index is 15.4.